The van der Waals surface area contributed by atoms with Crippen molar-refractivity contribution >= 4 is 29.0 Å². The van der Waals surface area contributed by atoms with Crippen LogP contribution in [0.15, 0.2) is 60.0 Å². The number of para-hydroxylation sites is 2. The Labute approximate surface area is 197 Å². The fourth-order valence-corrected chi connectivity index (χ4v) is 4.70. The maximum absolute atomic E-state index is 12.8. The molecule has 0 spiro atoms. The molecule has 1 aliphatic heterocycles. The number of nitrogens with zero attached hydrogens (tertiary/aromatic N) is 2. The molecule has 33 heavy (non-hydrogen) atoms. The summed E-state index contributed by atoms with van der Waals surface area (Å²) in [5, 5.41) is 8.64. The second-order valence-electron chi connectivity index (χ2n) is 7.87. The van der Waals surface area contributed by atoms with Gasteiger partial charge in [0.1, 0.15) is 10.8 Å². The highest BCUT2D eigenvalue weighted by Crippen LogP contribution is 2.32. The molecule has 1 aromatic heterocycles. The van der Waals surface area contributed by atoms with E-state index in [1.807, 2.05) is 71.8 Å². The molecule has 1 aliphatic rings. The summed E-state index contributed by atoms with van der Waals surface area (Å²) < 4.78 is 5.70. The molecule has 0 saturated carbocycles. The average Bonchev–Trinajstić information content (AvgIpc) is 3.29. The third-order valence-corrected chi connectivity index (χ3v) is 6.44. The minimum atomic E-state index is -0.215. The highest BCUT2D eigenvalue weighted by atomic mass is 32.1. The van der Waals surface area contributed by atoms with E-state index in [1.54, 1.807) is 0 Å². The number of hydrogen-bond acceptors (Lipinski definition) is 5. The summed E-state index contributed by atoms with van der Waals surface area (Å²) in [6.45, 7) is 3.79. The van der Waals surface area contributed by atoms with E-state index in [1.165, 1.54) is 11.3 Å². The van der Waals surface area contributed by atoms with Crippen LogP contribution < -0.4 is 15.4 Å². The van der Waals surface area contributed by atoms with Crippen molar-refractivity contribution in [1.29, 1.82) is 0 Å². The van der Waals surface area contributed by atoms with E-state index in [9.17, 15) is 9.59 Å². The van der Waals surface area contributed by atoms with Crippen LogP contribution in [0.2, 0.25) is 0 Å². The predicted octanol–water partition coefficient (Wildman–Crippen LogP) is 4.56. The number of aromatic nitrogens is 1. The van der Waals surface area contributed by atoms with Crippen LogP contribution in [-0.4, -0.2) is 47.6 Å². The number of carbonyl (C=O) groups excluding carboxylic acids is 2. The number of benzene rings is 2. The second kappa shape index (κ2) is 11.0. The summed E-state index contributed by atoms with van der Waals surface area (Å²) in [7, 11) is 0. The maximum atomic E-state index is 12.8. The lowest BCUT2D eigenvalue weighted by atomic mass is 10.0. The zero-order valence-electron chi connectivity index (χ0n) is 18.6. The first-order chi connectivity index (χ1) is 16.1. The molecule has 7 nitrogen and oxygen atoms in total. The number of likely N-dealkylation sites (tertiary alicyclic amines) is 1. The minimum Gasteiger partial charge on any atom is -0.493 e. The zero-order chi connectivity index (χ0) is 23.0. The second-order valence-corrected chi connectivity index (χ2v) is 8.73. The first-order valence-corrected chi connectivity index (χ1v) is 12.1. The van der Waals surface area contributed by atoms with Gasteiger partial charge in [-0.05, 0) is 44.0 Å². The number of carbonyl (C=O) groups is 2. The maximum Gasteiger partial charge on any atom is 0.319 e. The van der Waals surface area contributed by atoms with Crippen LogP contribution in [0.5, 0.6) is 5.75 Å². The van der Waals surface area contributed by atoms with Gasteiger partial charge in [0.25, 0.3) is 0 Å². The average molecular weight is 465 g/mol. The molecular formula is C25H28N4O3S. The van der Waals surface area contributed by atoms with Gasteiger partial charge in [0.15, 0.2) is 0 Å². The first kappa shape index (κ1) is 22.8. The van der Waals surface area contributed by atoms with Crippen LogP contribution in [0.1, 0.15) is 25.5 Å². The quantitative estimate of drug-likeness (QED) is 0.537. The number of piperidine rings is 1. The number of amides is 3. The van der Waals surface area contributed by atoms with Gasteiger partial charge in [0.2, 0.25) is 5.91 Å². The molecule has 2 heterocycles. The third-order valence-electron chi connectivity index (χ3n) is 5.52. The van der Waals surface area contributed by atoms with Crippen molar-refractivity contribution in [2.45, 2.75) is 32.2 Å². The van der Waals surface area contributed by atoms with Crippen molar-refractivity contribution in [3.05, 3.63) is 65.7 Å². The molecule has 3 amide bonds. The molecule has 8 heteroatoms. The van der Waals surface area contributed by atoms with Crippen molar-refractivity contribution in [2.24, 2.45) is 0 Å². The van der Waals surface area contributed by atoms with E-state index in [4.69, 9.17) is 4.74 Å². The summed E-state index contributed by atoms with van der Waals surface area (Å²) in [5.41, 5.74) is 2.48. The highest BCUT2D eigenvalue weighted by Gasteiger charge is 2.24. The largest absolute Gasteiger partial charge is 0.493 e. The Morgan fingerprint density at radius 3 is 2.58 bits per heavy atom. The molecule has 0 unspecified atom stereocenters. The van der Waals surface area contributed by atoms with Crippen LogP contribution in [-0.2, 0) is 11.2 Å². The van der Waals surface area contributed by atoms with Crippen LogP contribution in [0.25, 0.3) is 10.6 Å². The number of anilines is 1. The van der Waals surface area contributed by atoms with Gasteiger partial charge in [-0.2, -0.15) is 0 Å². The number of ether oxygens (including phenoxy) is 1. The monoisotopic (exact) mass is 464 g/mol. The van der Waals surface area contributed by atoms with Crippen molar-refractivity contribution in [2.75, 3.05) is 25.0 Å². The SMILES string of the molecule is CCOc1ccccc1-c1nc(CC(=O)N2CCC(NC(=O)Nc3ccccc3)CC2)cs1. The van der Waals surface area contributed by atoms with Crippen molar-refractivity contribution < 1.29 is 14.3 Å². The Bertz CT molecular complexity index is 1080. The van der Waals surface area contributed by atoms with Gasteiger partial charge < -0.3 is 20.3 Å². The molecule has 2 N–H and O–H groups in total. The predicted molar refractivity (Wildman–Crippen MR) is 131 cm³/mol. The van der Waals surface area contributed by atoms with E-state index in [-0.39, 0.29) is 24.4 Å². The molecule has 0 aliphatic carbocycles. The van der Waals surface area contributed by atoms with Gasteiger partial charge >= 0.3 is 6.03 Å². The summed E-state index contributed by atoms with van der Waals surface area (Å²) in [6, 6.07) is 17.0. The van der Waals surface area contributed by atoms with Crippen molar-refractivity contribution in [3.63, 3.8) is 0 Å². The van der Waals surface area contributed by atoms with Gasteiger partial charge in [-0.15, -0.1) is 11.3 Å². The van der Waals surface area contributed by atoms with E-state index in [2.05, 4.69) is 15.6 Å². The standard InChI is InChI=1S/C25H28N4O3S/c1-2-32-22-11-7-6-10-21(22)24-26-20(17-33-24)16-23(30)29-14-12-19(13-15-29)28-25(31)27-18-8-4-3-5-9-18/h3-11,17,19H,2,12-16H2,1H3,(H2,27,28,31). The molecule has 172 valence electrons. The summed E-state index contributed by atoms with van der Waals surface area (Å²) in [5.74, 6) is 0.871. The molecular weight excluding hydrogens is 436 g/mol. The van der Waals surface area contributed by atoms with Gasteiger partial charge in [-0.3, -0.25) is 4.79 Å². The van der Waals surface area contributed by atoms with Crippen LogP contribution in [0, 0.1) is 0 Å². The van der Waals surface area contributed by atoms with Crippen LogP contribution >= 0.6 is 11.3 Å². The Balaban J connectivity index is 1.26. The molecule has 0 radical (unpaired) electrons. The minimum absolute atomic E-state index is 0.0544. The zero-order valence-corrected chi connectivity index (χ0v) is 19.4. The summed E-state index contributed by atoms with van der Waals surface area (Å²) >= 11 is 1.52. The van der Waals surface area contributed by atoms with E-state index < -0.39 is 0 Å². The van der Waals surface area contributed by atoms with Gasteiger partial charge in [-0.25, -0.2) is 9.78 Å². The van der Waals surface area contributed by atoms with Crippen LogP contribution in [0.4, 0.5) is 10.5 Å². The van der Waals surface area contributed by atoms with E-state index in [0.717, 1.165) is 40.5 Å². The first-order valence-electron chi connectivity index (χ1n) is 11.2. The molecule has 1 fully saturated rings. The highest BCUT2D eigenvalue weighted by molar-refractivity contribution is 7.13. The lowest BCUT2D eigenvalue weighted by molar-refractivity contribution is -0.131. The number of rotatable bonds is 7. The van der Waals surface area contributed by atoms with Crippen LogP contribution in [0.3, 0.4) is 0 Å². The molecule has 0 bridgehead atoms. The fourth-order valence-electron chi connectivity index (χ4n) is 3.85. The van der Waals surface area contributed by atoms with E-state index in [0.29, 0.717) is 19.7 Å². The normalized spacial score (nSPS) is 14.0. The topological polar surface area (TPSA) is 83.6 Å². The number of urea groups is 1. The fraction of sp³-hybridized carbons (Fsp3) is 0.320. The Morgan fingerprint density at radius 2 is 1.82 bits per heavy atom. The Kier molecular flexibility index (Phi) is 7.57. The number of hydrogen-bond donors (Lipinski definition) is 2. The number of thiazole rings is 1. The van der Waals surface area contributed by atoms with E-state index >= 15 is 0 Å². The Morgan fingerprint density at radius 1 is 1.09 bits per heavy atom. The molecule has 3 aromatic rings. The summed E-state index contributed by atoms with van der Waals surface area (Å²) in [4.78, 5) is 31.6. The van der Waals surface area contributed by atoms with Gasteiger partial charge in [0, 0.05) is 30.2 Å². The molecule has 4 rings (SSSR count). The van der Waals surface area contributed by atoms with Crippen molar-refractivity contribution in [1.82, 2.24) is 15.2 Å². The number of nitrogens with one attached hydrogen (secondary N) is 2. The lowest BCUT2D eigenvalue weighted by Gasteiger charge is -2.32. The smallest absolute Gasteiger partial charge is 0.319 e. The van der Waals surface area contributed by atoms with Crippen molar-refractivity contribution in [3.8, 4) is 16.3 Å². The third kappa shape index (κ3) is 6.10. The molecule has 2 aromatic carbocycles. The van der Waals surface area contributed by atoms with Gasteiger partial charge in [-0.1, -0.05) is 30.3 Å². The molecule has 1 saturated heterocycles. The van der Waals surface area contributed by atoms with Gasteiger partial charge in [0.05, 0.1) is 24.3 Å². The molecule has 0 atom stereocenters. The Hall–Kier alpha value is -3.39. The summed E-state index contributed by atoms with van der Waals surface area (Å²) in [6.07, 6.45) is 1.75. The lowest BCUT2D eigenvalue weighted by Crippen LogP contribution is -2.47.